The van der Waals surface area contributed by atoms with E-state index in [4.69, 9.17) is 10.2 Å². The molecule has 0 saturated heterocycles. The Morgan fingerprint density at radius 2 is 1.38 bits per heavy atom. The van der Waals surface area contributed by atoms with E-state index < -0.39 is 17.9 Å². The third-order valence-corrected chi connectivity index (χ3v) is 4.49. The minimum absolute atomic E-state index is 0.258. The predicted octanol–water partition coefficient (Wildman–Crippen LogP) is 5.38. The zero-order valence-electron chi connectivity index (χ0n) is 16.3. The highest BCUT2D eigenvalue weighted by molar-refractivity contribution is 5.78. The van der Waals surface area contributed by atoms with Crippen LogP contribution in [0.1, 0.15) is 96.8 Å². The van der Waals surface area contributed by atoms with Crippen LogP contribution in [-0.2, 0) is 14.4 Å². The molecule has 26 heavy (non-hydrogen) atoms. The van der Waals surface area contributed by atoms with Crippen LogP contribution < -0.4 is 0 Å². The minimum Gasteiger partial charge on any atom is -0.481 e. The van der Waals surface area contributed by atoms with Gasteiger partial charge in [-0.25, -0.2) is 0 Å². The maximum atomic E-state index is 11.7. The van der Waals surface area contributed by atoms with E-state index in [9.17, 15) is 14.4 Å². The third-order valence-electron chi connectivity index (χ3n) is 4.49. The van der Waals surface area contributed by atoms with Crippen molar-refractivity contribution in [3.05, 3.63) is 12.2 Å². The normalized spacial score (nSPS) is 12.3. The number of carbonyl (C=O) groups is 3. The molecule has 0 spiro atoms. The summed E-state index contributed by atoms with van der Waals surface area (Å²) in [5.74, 6) is -2.61. The Morgan fingerprint density at radius 3 is 1.92 bits per heavy atom. The molecular formula is C21H36O5. The van der Waals surface area contributed by atoms with Gasteiger partial charge < -0.3 is 10.2 Å². The van der Waals surface area contributed by atoms with Gasteiger partial charge in [-0.2, -0.15) is 0 Å². The molecule has 150 valence electrons. The van der Waals surface area contributed by atoms with Crippen molar-refractivity contribution < 1.29 is 24.6 Å². The lowest BCUT2D eigenvalue weighted by Crippen LogP contribution is -2.16. The van der Waals surface area contributed by atoms with E-state index in [1.807, 2.05) is 6.08 Å². The van der Waals surface area contributed by atoms with Gasteiger partial charge in [-0.3, -0.25) is 14.4 Å². The molecule has 0 radical (unpaired) electrons. The van der Waals surface area contributed by atoms with Crippen LogP contribution in [0, 0.1) is 5.92 Å². The van der Waals surface area contributed by atoms with Crippen molar-refractivity contribution >= 4 is 17.7 Å². The number of carbonyl (C=O) groups excluding carboxylic acids is 1. The summed E-state index contributed by atoms with van der Waals surface area (Å²) in [6.07, 6.45) is 15.9. The van der Waals surface area contributed by atoms with Gasteiger partial charge in [0.25, 0.3) is 0 Å². The van der Waals surface area contributed by atoms with Gasteiger partial charge in [0.2, 0.25) is 0 Å². The summed E-state index contributed by atoms with van der Waals surface area (Å²) in [5, 5.41) is 17.6. The Morgan fingerprint density at radius 1 is 0.808 bits per heavy atom. The molecule has 1 atom stereocenters. The second-order valence-electron chi connectivity index (χ2n) is 7.00. The fraction of sp³-hybridized carbons (Fsp3) is 0.762. The van der Waals surface area contributed by atoms with Gasteiger partial charge in [0, 0.05) is 12.8 Å². The van der Waals surface area contributed by atoms with Gasteiger partial charge in [-0.05, 0) is 32.1 Å². The molecule has 0 fully saturated rings. The number of Topliss-reactive ketones (excluding diaryl/α,β-unsaturated/α-hetero) is 1. The lowest BCUT2D eigenvalue weighted by Gasteiger charge is -2.05. The topological polar surface area (TPSA) is 91.7 Å². The number of rotatable bonds is 18. The van der Waals surface area contributed by atoms with Crippen LogP contribution in [0.4, 0.5) is 0 Å². The smallest absolute Gasteiger partial charge is 0.307 e. The quantitative estimate of drug-likeness (QED) is 0.250. The van der Waals surface area contributed by atoms with Crippen molar-refractivity contribution in [3.63, 3.8) is 0 Å². The van der Waals surface area contributed by atoms with Gasteiger partial charge in [-0.1, -0.05) is 57.6 Å². The standard InChI is InChI=1S/C21H36O5/c1-2-3-4-8-12-15-19(22)16-13-10-7-5-6-9-11-14-18(21(25)26)17-20(23)24/h9,11,18H,2-8,10,12-17H2,1H3,(H,23,24)(H,25,26)/b11-9+. The largest absolute Gasteiger partial charge is 0.481 e. The second kappa shape index (κ2) is 16.8. The number of hydrogen-bond donors (Lipinski definition) is 2. The molecule has 2 N–H and O–H groups in total. The van der Waals surface area contributed by atoms with Crippen molar-refractivity contribution in [2.75, 3.05) is 0 Å². The SMILES string of the molecule is CCCCCCCC(=O)CCCCCC/C=C/CC(CC(=O)O)C(=O)O. The Bertz CT molecular complexity index is 428. The fourth-order valence-corrected chi connectivity index (χ4v) is 2.85. The lowest BCUT2D eigenvalue weighted by molar-refractivity contribution is -0.148. The number of carboxylic acids is 2. The molecule has 5 heteroatoms. The van der Waals surface area contributed by atoms with Crippen molar-refractivity contribution in [2.24, 2.45) is 5.92 Å². The molecule has 0 aromatic carbocycles. The Balaban J connectivity index is 3.55. The molecule has 0 bridgehead atoms. The first-order valence-corrected chi connectivity index (χ1v) is 10.1. The second-order valence-corrected chi connectivity index (χ2v) is 7.00. The first kappa shape index (κ1) is 24.4. The van der Waals surface area contributed by atoms with Crippen LogP contribution >= 0.6 is 0 Å². The number of ketones is 1. The Hall–Kier alpha value is -1.65. The average Bonchev–Trinajstić information content (AvgIpc) is 2.58. The van der Waals surface area contributed by atoms with Crippen LogP contribution in [-0.4, -0.2) is 27.9 Å². The molecule has 0 aliphatic rings. The van der Waals surface area contributed by atoms with Gasteiger partial charge in [0.1, 0.15) is 5.78 Å². The summed E-state index contributed by atoms with van der Waals surface area (Å²) >= 11 is 0. The van der Waals surface area contributed by atoms with E-state index in [-0.39, 0.29) is 12.8 Å². The number of unbranched alkanes of at least 4 members (excludes halogenated alkanes) is 8. The molecule has 0 aliphatic carbocycles. The van der Waals surface area contributed by atoms with Gasteiger partial charge in [-0.15, -0.1) is 0 Å². The minimum atomic E-state index is -1.08. The monoisotopic (exact) mass is 368 g/mol. The molecule has 0 aromatic heterocycles. The van der Waals surface area contributed by atoms with Gasteiger partial charge >= 0.3 is 11.9 Å². The highest BCUT2D eigenvalue weighted by Crippen LogP contribution is 2.12. The molecule has 0 rings (SSSR count). The molecule has 0 aromatic rings. The molecular weight excluding hydrogens is 332 g/mol. The highest BCUT2D eigenvalue weighted by Gasteiger charge is 2.19. The summed E-state index contributed by atoms with van der Waals surface area (Å²) in [6.45, 7) is 2.19. The average molecular weight is 369 g/mol. The Labute approximate surface area is 157 Å². The van der Waals surface area contributed by atoms with Gasteiger partial charge in [0.15, 0.2) is 0 Å². The number of carboxylic acid groups (broad SMARTS) is 2. The van der Waals surface area contributed by atoms with Crippen LogP contribution in [0.15, 0.2) is 12.2 Å². The summed E-state index contributed by atoms with van der Waals surface area (Å²) in [4.78, 5) is 33.2. The van der Waals surface area contributed by atoms with Crippen molar-refractivity contribution in [3.8, 4) is 0 Å². The number of allylic oxidation sites excluding steroid dienone is 2. The Kier molecular flexibility index (Phi) is 15.7. The predicted molar refractivity (Wildman–Crippen MR) is 103 cm³/mol. The first-order chi connectivity index (χ1) is 12.5. The van der Waals surface area contributed by atoms with E-state index in [0.717, 1.165) is 44.9 Å². The van der Waals surface area contributed by atoms with E-state index in [1.165, 1.54) is 25.7 Å². The van der Waals surface area contributed by atoms with E-state index in [0.29, 0.717) is 12.2 Å². The van der Waals surface area contributed by atoms with Crippen molar-refractivity contribution in [1.82, 2.24) is 0 Å². The van der Waals surface area contributed by atoms with Gasteiger partial charge in [0.05, 0.1) is 12.3 Å². The van der Waals surface area contributed by atoms with Crippen LogP contribution in [0.5, 0.6) is 0 Å². The van der Waals surface area contributed by atoms with Crippen LogP contribution in [0.25, 0.3) is 0 Å². The summed E-state index contributed by atoms with van der Waals surface area (Å²) in [6, 6.07) is 0. The van der Waals surface area contributed by atoms with Crippen LogP contribution in [0.3, 0.4) is 0 Å². The third kappa shape index (κ3) is 15.9. The summed E-state index contributed by atoms with van der Waals surface area (Å²) in [5.41, 5.74) is 0. The van der Waals surface area contributed by atoms with Crippen molar-refractivity contribution in [2.45, 2.75) is 96.8 Å². The molecule has 0 heterocycles. The molecule has 0 amide bonds. The van der Waals surface area contributed by atoms with E-state index in [1.54, 1.807) is 6.08 Å². The zero-order valence-corrected chi connectivity index (χ0v) is 16.3. The first-order valence-electron chi connectivity index (χ1n) is 10.1. The molecule has 0 saturated carbocycles. The zero-order chi connectivity index (χ0) is 19.6. The number of hydrogen-bond acceptors (Lipinski definition) is 3. The molecule has 1 unspecified atom stereocenters. The number of aliphatic carboxylic acids is 2. The lowest BCUT2D eigenvalue weighted by atomic mass is 10.0. The maximum Gasteiger partial charge on any atom is 0.307 e. The van der Waals surface area contributed by atoms with Crippen molar-refractivity contribution in [1.29, 1.82) is 0 Å². The highest BCUT2D eigenvalue weighted by atomic mass is 16.4. The summed E-state index contributed by atoms with van der Waals surface area (Å²) < 4.78 is 0. The van der Waals surface area contributed by atoms with Crippen LogP contribution in [0.2, 0.25) is 0 Å². The van der Waals surface area contributed by atoms with E-state index in [2.05, 4.69) is 6.92 Å². The molecule has 5 nitrogen and oxygen atoms in total. The fourth-order valence-electron chi connectivity index (χ4n) is 2.85. The summed E-state index contributed by atoms with van der Waals surface area (Å²) in [7, 11) is 0. The van der Waals surface area contributed by atoms with E-state index >= 15 is 0 Å². The molecule has 0 aliphatic heterocycles. The maximum absolute atomic E-state index is 11.7.